The van der Waals surface area contributed by atoms with E-state index < -0.39 is 0 Å². The average molecular weight is 476 g/mol. The van der Waals surface area contributed by atoms with Crippen molar-refractivity contribution in [3.63, 3.8) is 0 Å². The Hall–Kier alpha value is -1.92. The summed E-state index contributed by atoms with van der Waals surface area (Å²) >= 11 is 20.4. The molecule has 0 aliphatic heterocycles. The highest BCUT2D eigenvalue weighted by Gasteiger charge is 2.26. The van der Waals surface area contributed by atoms with Crippen LogP contribution in [0.2, 0.25) is 15.1 Å². The van der Waals surface area contributed by atoms with E-state index in [1.54, 1.807) is 17.4 Å². The first-order valence-corrected chi connectivity index (χ1v) is 11.6. The molecular formula is C22H17Cl3N4S. The molecule has 4 nitrogen and oxygen atoms in total. The van der Waals surface area contributed by atoms with Crippen molar-refractivity contribution >= 4 is 46.1 Å². The molecular weight excluding hydrogens is 459 g/mol. The monoisotopic (exact) mass is 474 g/mol. The third-order valence-corrected chi connectivity index (χ3v) is 6.95. The van der Waals surface area contributed by atoms with Crippen LogP contribution in [0.25, 0.3) is 27.6 Å². The van der Waals surface area contributed by atoms with Gasteiger partial charge in [-0.15, -0.1) is 10.2 Å². The summed E-state index contributed by atoms with van der Waals surface area (Å²) in [6, 6.07) is 13.1. The molecule has 2 aromatic carbocycles. The lowest BCUT2D eigenvalue weighted by Crippen LogP contribution is -2.00. The minimum absolute atomic E-state index is 0.526. The normalized spacial score (nSPS) is 13.7. The van der Waals surface area contributed by atoms with Gasteiger partial charge in [0.25, 0.3) is 0 Å². The molecule has 0 saturated heterocycles. The van der Waals surface area contributed by atoms with Gasteiger partial charge in [-0.05, 0) is 56.0 Å². The van der Waals surface area contributed by atoms with Gasteiger partial charge in [0, 0.05) is 27.6 Å². The van der Waals surface area contributed by atoms with Crippen molar-refractivity contribution in [2.45, 2.75) is 26.2 Å². The van der Waals surface area contributed by atoms with Crippen molar-refractivity contribution in [1.29, 1.82) is 0 Å². The lowest BCUT2D eigenvalue weighted by Gasteiger charge is -2.11. The lowest BCUT2D eigenvalue weighted by atomic mass is 10.1. The van der Waals surface area contributed by atoms with E-state index in [4.69, 9.17) is 39.9 Å². The van der Waals surface area contributed by atoms with Crippen LogP contribution in [0, 0.1) is 12.8 Å². The molecule has 1 saturated carbocycles. The van der Waals surface area contributed by atoms with Crippen LogP contribution >= 0.6 is 46.1 Å². The van der Waals surface area contributed by atoms with Crippen molar-refractivity contribution < 1.29 is 0 Å². The molecule has 1 fully saturated rings. The van der Waals surface area contributed by atoms with Gasteiger partial charge in [-0.3, -0.25) is 0 Å². The molecule has 0 bridgehead atoms. The number of rotatable bonds is 5. The van der Waals surface area contributed by atoms with Crippen molar-refractivity contribution in [3.05, 3.63) is 68.1 Å². The van der Waals surface area contributed by atoms with E-state index in [0.29, 0.717) is 15.1 Å². The molecule has 0 unspecified atom stereocenters. The van der Waals surface area contributed by atoms with Crippen LogP contribution in [0.5, 0.6) is 0 Å². The van der Waals surface area contributed by atoms with Crippen LogP contribution in [-0.4, -0.2) is 20.0 Å². The standard InChI is InChI=1S/C22H17Cl3N4S/c1-12-20(22-27-26-19(30-22)10-13-2-3-13)28-29(18-9-8-16(24)11-17(18)25)21(12)14-4-6-15(23)7-5-14/h4-9,11,13H,2-3,10H2,1H3. The zero-order chi connectivity index (χ0) is 20.8. The summed E-state index contributed by atoms with van der Waals surface area (Å²) in [4.78, 5) is 0. The zero-order valence-corrected chi connectivity index (χ0v) is 19.2. The maximum atomic E-state index is 6.53. The molecule has 0 amide bonds. The fourth-order valence-corrected chi connectivity index (χ4v) is 5.08. The Labute approximate surface area is 193 Å². The fourth-order valence-electron chi connectivity index (χ4n) is 3.47. The Balaban J connectivity index is 1.67. The molecule has 0 N–H and O–H groups in total. The largest absolute Gasteiger partial charge is 0.231 e. The SMILES string of the molecule is Cc1c(-c2nnc(CC3CC3)s2)nn(-c2ccc(Cl)cc2Cl)c1-c1ccc(Cl)cc1. The highest BCUT2D eigenvalue weighted by Crippen LogP contribution is 2.38. The first-order chi connectivity index (χ1) is 14.5. The summed E-state index contributed by atoms with van der Waals surface area (Å²) < 4.78 is 1.86. The maximum absolute atomic E-state index is 6.53. The molecule has 4 aromatic rings. The highest BCUT2D eigenvalue weighted by atomic mass is 35.5. The van der Waals surface area contributed by atoms with Gasteiger partial charge in [-0.25, -0.2) is 4.68 Å². The Kier molecular flexibility index (Phi) is 5.31. The van der Waals surface area contributed by atoms with Gasteiger partial charge in [0.05, 0.1) is 16.4 Å². The van der Waals surface area contributed by atoms with Crippen LogP contribution < -0.4 is 0 Å². The minimum atomic E-state index is 0.526. The van der Waals surface area contributed by atoms with Crippen LogP contribution in [0.15, 0.2) is 42.5 Å². The van der Waals surface area contributed by atoms with Crippen LogP contribution in [0.3, 0.4) is 0 Å². The third kappa shape index (κ3) is 3.87. The van der Waals surface area contributed by atoms with E-state index in [2.05, 4.69) is 17.1 Å². The summed E-state index contributed by atoms with van der Waals surface area (Å²) in [5.74, 6) is 0.766. The minimum Gasteiger partial charge on any atom is -0.231 e. The van der Waals surface area contributed by atoms with Gasteiger partial charge in [0.15, 0.2) is 5.01 Å². The average Bonchev–Trinajstić information content (AvgIpc) is 3.30. The fraction of sp³-hybridized carbons (Fsp3) is 0.227. The predicted molar refractivity (Wildman–Crippen MR) is 124 cm³/mol. The summed E-state index contributed by atoms with van der Waals surface area (Å²) in [6.45, 7) is 2.05. The van der Waals surface area contributed by atoms with Gasteiger partial charge in [-0.1, -0.05) is 58.3 Å². The second-order valence-electron chi connectivity index (χ2n) is 7.49. The second kappa shape index (κ2) is 7.97. The van der Waals surface area contributed by atoms with E-state index in [9.17, 15) is 0 Å². The smallest absolute Gasteiger partial charge is 0.168 e. The first kappa shape index (κ1) is 20.0. The van der Waals surface area contributed by atoms with Crippen LogP contribution in [0.1, 0.15) is 23.4 Å². The molecule has 1 aliphatic carbocycles. The second-order valence-corrected chi connectivity index (χ2v) is 9.83. The predicted octanol–water partition coefficient (Wildman–Crippen LogP) is 7.28. The lowest BCUT2D eigenvalue weighted by molar-refractivity contribution is 0.807. The molecule has 2 aromatic heterocycles. The molecule has 1 aliphatic rings. The Bertz CT molecular complexity index is 1230. The van der Waals surface area contributed by atoms with E-state index in [1.165, 1.54) is 12.8 Å². The van der Waals surface area contributed by atoms with E-state index >= 15 is 0 Å². The van der Waals surface area contributed by atoms with Crippen molar-refractivity contribution in [1.82, 2.24) is 20.0 Å². The summed E-state index contributed by atoms with van der Waals surface area (Å²) in [5, 5.41) is 17.4. The Morgan fingerprint density at radius 1 is 1.00 bits per heavy atom. The van der Waals surface area contributed by atoms with E-state index in [-0.39, 0.29) is 0 Å². The molecule has 5 rings (SSSR count). The topological polar surface area (TPSA) is 43.6 Å². The van der Waals surface area contributed by atoms with Gasteiger partial charge in [0.1, 0.15) is 10.7 Å². The van der Waals surface area contributed by atoms with Crippen LogP contribution in [-0.2, 0) is 6.42 Å². The van der Waals surface area contributed by atoms with E-state index in [0.717, 1.165) is 50.6 Å². The number of nitrogens with zero attached hydrogens (tertiary/aromatic N) is 4. The van der Waals surface area contributed by atoms with E-state index in [1.807, 2.05) is 41.1 Å². The quantitative estimate of drug-likeness (QED) is 0.304. The number of halogens is 3. The zero-order valence-electron chi connectivity index (χ0n) is 16.1. The summed E-state index contributed by atoms with van der Waals surface area (Å²) in [6.07, 6.45) is 3.58. The van der Waals surface area contributed by atoms with Crippen molar-refractivity contribution in [2.24, 2.45) is 5.92 Å². The molecule has 0 radical (unpaired) electrons. The molecule has 0 spiro atoms. The molecule has 152 valence electrons. The first-order valence-electron chi connectivity index (χ1n) is 9.63. The molecule has 2 heterocycles. The van der Waals surface area contributed by atoms with Gasteiger partial charge < -0.3 is 0 Å². The van der Waals surface area contributed by atoms with Crippen LogP contribution in [0.4, 0.5) is 0 Å². The number of benzene rings is 2. The van der Waals surface area contributed by atoms with Crippen molar-refractivity contribution in [2.75, 3.05) is 0 Å². The Morgan fingerprint density at radius 2 is 1.73 bits per heavy atom. The summed E-state index contributed by atoms with van der Waals surface area (Å²) in [7, 11) is 0. The maximum Gasteiger partial charge on any atom is 0.168 e. The summed E-state index contributed by atoms with van der Waals surface area (Å²) in [5.41, 5.74) is 4.50. The number of hydrogen-bond donors (Lipinski definition) is 0. The number of aromatic nitrogens is 4. The van der Waals surface area contributed by atoms with Crippen molar-refractivity contribution in [3.8, 4) is 27.6 Å². The van der Waals surface area contributed by atoms with Gasteiger partial charge >= 0.3 is 0 Å². The highest BCUT2D eigenvalue weighted by molar-refractivity contribution is 7.14. The van der Waals surface area contributed by atoms with Gasteiger partial charge in [-0.2, -0.15) is 5.10 Å². The molecule has 0 atom stereocenters. The third-order valence-electron chi connectivity index (χ3n) is 5.21. The molecule has 30 heavy (non-hydrogen) atoms. The van der Waals surface area contributed by atoms with Gasteiger partial charge in [0.2, 0.25) is 0 Å². The molecule has 8 heteroatoms. The Morgan fingerprint density at radius 3 is 2.43 bits per heavy atom. The number of hydrogen-bond acceptors (Lipinski definition) is 4.